The quantitative estimate of drug-likeness (QED) is 0.877. The molecule has 122 valence electrons. The molecular weight excluding hydrogens is 298 g/mol. The third-order valence-electron chi connectivity index (χ3n) is 4.04. The van der Waals surface area contributed by atoms with Crippen LogP contribution in [0, 0.1) is 5.92 Å². The Morgan fingerprint density at radius 1 is 1.18 bits per heavy atom. The van der Waals surface area contributed by atoms with E-state index in [0.717, 1.165) is 18.8 Å². The normalized spacial score (nSPS) is 15.2. The van der Waals surface area contributed by atoms with E-state index in [4.69, 9.17) is 0 Å². The predicted octanol–water partition coefficient (Wildman–Crippen LogP) is 3.88. The molecule has 0 atom stereocenters. The van der Waals surface area contributed by atoms with Gasteiger partial charge in [0.05, 0.1) is 24.1 Å². The van der Waals surface area contributed by atoms with Crippen LogP contribution in [0.5, 0.6) is 0 Å². The molecule has 0 aliphatic heterocycles. The van der Waals surface area contributed by atoms with Crippen LogP contribution in [-0.4, -0.2) is 19.6 Å². The van der Waals surface area contributed by atoms with Crippen molar-refractivity contribution in [2.75, 3.05) is 5.32 Å². The lowest BCUT2D eigenvalue weighted by Gasteiger charge is -2.08. The maximum Gasteiger partial charge on any atom is 0.0729 e. The summed E-state index contributed by atoms with van der Waals surface area (Å²) in [5.74, 6) is 0.621. The van der Waals surface area contributed by atoms with Crippen molar-refractivity contribution < 1.29 is 0 Å². The van der Waals surface area contributed by atoms with Crippen LogP contribution in [0.15, 0.2) is 24.8 Å². The van der Waals surface area contributed by atoms with Gasteiger partial charge >= 0.3 is 0 Å². The number of anilines is 1. The minimum Gasteiger partial charge on any atom is -0.378 e. The van der Waals surface area contributed by atoms with Gasteiger partial charge in [0.2, 0.25) is 0 Å². The molecule has 0 amide bonds. The van der Waals surface area contributed by atoms with E-state index >= 15 is 0 Å². The van der Waals surface area contributed by atoms with Crippen LogP contribution in [0.25, 0.3) is 0 Å². The summed E-state index contributed by atoms with van der Waals surface area (Å²) in [4.78, 5) is 0. The first kappa shape index (κ1) is 16.9. The van der Waals surface area contributed by atoms with Crippen molar-refractivity contribution in [2.45, 2.75) is 58.7 Å². The van der Waals surface area contributed by atoms with Gasteiger partial charge in [-0.2, -0.15) is 10.2 Å². The van der Waals surface area contributed by atoms with E-state index in [9.17, 15) is 0 Å². The summed E-state index contributed by atoms with van der Waals surface area (Å²) < 4.78 is 4.14. The van der Waals surface area contributed by atoms with Crippen LogP contribution >= 0.6 is 12.4 Å². The number of hydrogen-bond donors (Lipinski definition) is 1. The highest BCUT2D eigenvalue weighted by Gasteiger charge is 2.17. The summed E-state index contributed by atoms with van der Waals surface area (Å²) >= 11 is 0. The Bertz CT molecular complexity index is 569. The lowest BCUT2D eigenvalue weighted by atomic mass is 10.2. The lowest BCUT2D eigenvalue weighted by Crippen LogP contribution is -2.05. The summed E-state index contributed by atoms with van der Waals surface area (Å²) in [6.45, 7) is 6.18. The third kappa shape index (κ3) is 4.26. The summed E-state index contributed by atoms with van der Waals surface area (Å²) in [7, 11) is 0. The largest absolute Gasteiger partial charge is 0.378 e. The van der Waals surface area contributed by atoms with Crippen molar-refractivity contribution in [3.63, 3.8) is 0 Å². The number of nitrogens with one attached hydrogen (secondary N) is 1. The molecule has 2 aromatic rings. The van der Waals surface area contributed by atoms with Crippen molar-refractivity contribution in [1.82, 2.24) is 19.6 Å². The van der Waals surface area contributed by atoms with Gasteiger partial charge < -0.3 is 5.32 Å². The third-order valence-corrected chi connectivity index (χ3v) is 4.04. The first-order valence-corrected chi connectivity index (χ1v) is 8.00. The van der Waals surface area contributed by atoms with Crippen molar-refractivity contribution in [1.29, 1.82) is 0 Å². The van der Waals surface area contributed by atoms with Gasteiger partial charge in [-0.1, -0.05) is 26.7 Å². The van der Waals surface area contributed by atoms with Crippen LogP contribution in [0.1, 0.15) is 51.1 Å². The fraction of sp³-hybridized carbons (Fsp3) is 0.625. The fourth-order valence-electron chi connectivity index (χ4n) is 2.97. The maximum absolute atomic E-state index is 4.49. The molecule has 0 saturated heterocycles. The second-order valence-electron chi connectivity index (χ2n) is 6.47. The number of rotatable bonds is 6. The molecule has 1 aliphatic carbocycles. The van der Waals surface area contributed by atoms with E-state index in [1.54, 1.807) is 0 Å². The number of halogens is 1. The van der Waals surface area contributed by atoms with Gasteiger partial charge in [-0.05, 0) is 18.8 Å². The van der Waals surface area contributed by atoms with Crippen LogP contribution in [0.2, 0.25) is 0 Å². The molecular formula is C16H26ClN5. The summed E-state index contributed by atoms with van der Waals surface area (Å²) in [5.41, 5.74) is 2.31. The van der Waals surface area contributed by atoms with Crippen LogP contribution in [0.4, 0.5) is 5.69 Å². The van der Waals surface area contributed by atoms with Gasteiger partial charge in [-0.25, -0.2) is 0 Å². The maximum atomic E-state index is 4.49. The minimum atomic E-state index is 0. The number of hydrogen-bond acceptors (Lipinski definition) is 3. The monoisotopic (exact) mass is 323 g/mol. The van der Waals surface area contributed by atoms with Gasteiger partial charge in [-0.3, -0.25) is 9.36 Å². The Kier molecular flexibility index (Phi) is 5.89. The van der Waals surface area contributed by atoms with Crippen LogP contribution in [-0.2, 0) is 13.1 Å². The summed E-state index contributed by atoms with van der Waals surface area (Å²) in [6.07, 6.45) is 13.3. The Morgan fingerprint density at radius 3 is 2.68 bits per heavy atom. The molecule has 22 heavy (non-hydrogen) atoms. The van der Waals surface area contributed by atoms with Crippen molar-refractivity contribution >= 4 is 18.1 Å². The first-order valence-electron chi connectivity index (χ1n) is 8.00. The van der Waals surface area contributed by atoms with Gasteiger partial charge in [0.15, 0.2) is 0 Å². The molecule has 6 heteroatoms. The zero-order valence-corrected chi connectivity index (χ0v) is 14.2. The molecule has 2 heterocycles. The molecule has 1 fully saturated rings. The molecule has 3 rings (SSSR count). The molecule has 0 bridgehead atoms. The molecule has 1 N–H and O–H groups in total. The molecule has 0 spiro atoms. The van der Waals surface area contributed by atoms with E-state index in [1.165, 1.54) is 31.2 Å². The molecule has 0 radical (unpaired) electrons. The SMILES string of the molecule is CC(C)Cn1cc(CNc2cnn(C3CCCC3)c2)cn1.Cl. The molecule has 1 saturated carbocycles. The average Bonchev–Trinajstić information content (AvgIpc) is 3.17. The number of nitrogens with zero attached hydrogens (tertiary/aromatic N) is 4. The average molecular weight is 324 g/mol. The molecule has 0 aromatic carbocycles. The zero-order valence-electron chi connectivity index (χ0n) is 13.4. The smallest absolute Gasteiger partial charge is 0.0729 e. The van der Waals surface area contributed by atoms with Gasteiger partial charge in [0, 0.05) is 31.0 Å². The van der Waals surface area contributed by atoms with Gasteiger partial charge in [0.25, 0.3) is 0 Å². The topological polar surface area (TPSA) is 47.7 Å². The summed E-state index contributed by atoms with van der Waals surface area (Å²) in [5, 5.41) is 12.3. The predicted molar refractivity (Wildman–Crippen MR) is 91.4 cm³/mol. The summed E-state index contributed by atoms with van der Waals surface area (Å²) in [6, 6.07) is 0.606. The van der Waals surface area contributed by atoms with Gasteiger partial charge in [0.1, 0.15) is 0 Å². The van der Waals surface area contributed by atoms with E-state index in [0.29, 0.717) is 12.0 Å². The highest BCUT2D eigenvalue weighted by atomic mass is 35.5. The molecule has 5 nitrogen and oxygen atoms in total. The van der Waals surface area contributed by atoms with Gasteiger partial charge in [-0.15, -0.1) is 12.4 Å². The van der Waals surface area contributed by atoms with Crippen molar-refractivity contribution in [2.24, 2.45) is 5.92 Å². The Morgan fingerprint density at radius 2 is 1.95 bits per heavy atom. The zero-order chi connectivity index (χ0) is 14.7. The fourth-order valence-corrected chi connectivity index (χ4v) is 2.97. The molecule has 1 aliphatic rings. The highest BCUT2D eigenvalue weighted by molar-refractivity contribution is 5.85. The molecule has 0 unspecified atom stereocenters. The number of aromatic nitrogens is 4. The highest BCUT2D eigenvalue weighted by Crippen LogP contribution is 2.29. The van der Waals surface area contributed by atoms with E-state index in [1.807, 2.05) is 17.1 Å². The van der Waals surface area contributed by atoms with Crippen molar-refractivity contribution in [3.05, 3.63) is 30.4 Å². The van der Waals surface area contributed by atoms with Crippen molar-refractivity contribution in [3.8, 4) is 0 Å². The minimum absolute atomic E-state index is 0. The second kappa shape index (κ2) is 7.68. The Hall–Kier alpha value is -1.49. The van der Waals surface area contributed by atoms with Crippen LogP contribution in [0.3, 0.4) is 0 Å². The lowest BCUT2D eigenvalue weighted by molar-refractivity contribution is 0.467. The van der Waals surface area contributed by atoms with E-state index < -0.39 is 0 Å². The second-order valence-corrected chi connectivity index (χ2v) is 6.47. The van der Waals surface area contributed by atoms with E-state index in [-0.39, 0.29) is 12.4 Å². The molecule has 2 aromatic heterocycles. The Labute approximate surface area is 138 Å². The standard InChI is InChI=1S/C16H25N5.ClH/c1-13(2)10-20-11-14(8-18-20)7-17-15-9-19-21(12-15)16-5-3-4-6-16;/h8-9,11-13,16-17H,3-7,10H2,1-2H3;1H. The van der Waals surface area contributed by atoms with E-state index in [2.05, 4.69) is 46.4 Å². The first-order chi connectivity index (χ1) is 10.2. The Balaban J connectivity index is 0.00000176. The van der Waals surface area contributed by atoms with Crippen LogP contribution < -0.4 is 5.32 Å².